The van der Waals surface area contributed by atoms with Crippen LogP contribution in [0.15, 0.2) is 17.6 Å². The number of anilines is 2. The van der Waals surface area contributed by atoms with E-state index in [1.165, 1.54) is 29.6 Å². The Labute approximate surface area is 118 Å². The van der Waals surface area contributed by atoms with Crippen molar-refractivity contribution in [3.05, 3.63) is 17.6 Å². The minimum Gasteiger partial charge on any atom is -0.395 e. The second-order valence-electron chi connectivity index (χ2n) is 5.58. The second-order valence-corrected chi connectivity index (χ2v) is 6.46. The van der Waals surface area contributed by atoms with Crippen molar-refractivity contribution in [2.75, 3.05) is 23.7 Å². The fraction of sp³-hybridized carbons (Fsp3) is 0.533. The molecule has 19 heavy (non-hydrogen) atoms. The number of thiazole rings is 1. The van der Waals surface area contributed by atoms with Crippen LogP contribution in [-0.4, -0.2) is 18.1 Å². The van der Waals surface area contributed by atoms with Crippen molar-refractivity contribution in [1.82, 2.24) is 4.98 Å². The lowest BCUT2D eigenvalue weighted by molar-refractivity contribution is 0.301. The first kappa shape index (κ1) is 12.7. The van der Waals surface area contributed by atoms with E-state index in [0.717, 1.165) is 24.3 Å². The molecule has 0 atom stereocenters. The van der Waals surface area contributed by atoms with Gasteiger partial charge in [0, 0.05) is 13.1 Å². The number of hydrogen-bond acceptors (Lipinski definition) is 4. The van der Waals surface area contributed by atoms with Crippen molar-refractivity contribution in [2.45, 2.75) is 33.1 Å². The third kappa shape index (κ3) is 1.98. The lowest BCUT2D eigenvalue weighted by atomic mass is 9.82. The van der Waals surface area contributed by atoms with Gasteiger partial charge in [-0.15, -0.1) is 11.3 Å². The van der Waals surface area contributed by atoms with Gasteiger partial charge >= 0.3 is 0 Å². The van der Waals surface area contributed by atoms with E-state index >= 15 is 0 Å². The molecule has 3 nitrogen and oxygen atoms in total. The quantitative estimate of drug-likeness (QED) is 0.864. The summed E-state index contributed by atoms with van der Waals surface area (Å²) >= 11 is 1.65. The summed E-state index contributed by atoms with van der Waals surface area (Å²) in [6.45, 7) is 6.85. The molecule has 1 saturated heterocycles. The monoisotopic (exact) mass is 275 g/mol. The molecule has 0 amide bonds. The predicted octanol–water partition coefficient (Wildman–Crippen LogP) is 3.90. The number of fused-ring (bicyclic) bond motifs is 1. The number of nitrogen functional groups attached to an aromatic ring is 1. The number of hydrogen-bond donors (Lipinski definition) is 1. The standard InChI is InChI=1S/C15H21N3S/c1-3-15(4-2)7-8-18(9-15)11-5-6-12-14(13(11)16)17-10-19-12/h5-6,10H,3-4,7-9,16H2,1-2H3. The maximum atomic E-state index is 6.32. The molecular weight excluding hydrogens is 254 g/mol. The van der Waals surface area contributed by atoms with Crippen LogP contribution in [0.2, 0.25) is 0 Å². The molecule has 1 aromatic carbocycles. The maximum Gasteiger partial charge on any atom is 0.106 e. The van der Waals surface area contributed by atoms with Crippen molar-refractivity contribution >= 4 is 32.9 Å². The van der Waals surface area contributed by atoms with Crippen LogP contribution in [0, 0.1) is 5.41 Å². The first-order chi connectivity index (χ1) is 9.19. The lowest BCUT2D eigenvalue weighted by Crippen LogP contribution is -2.26. The van der Waals surface area contributed by atoms with Gasteiger partial charge in [-0.3, -0.25) is 0 Å². The molecule has 0 saturated carbocycles. The molecule has 102 valence electrons. The molecule has 0 unspecified atom stereocenters. The largest absolute Gasteiger partial charge is 0.395 e. The first-order valence-corrected chi connectivity index (χ1v) is 7.94. The SMILES string of the molecule is CCC1(CC)CCN(c2ccc3scnc3c2N)C1. The molecule has 0 radical (unpaired) electrons. The fourth-order valence-corrected chi connectivity index (χ4v) is 3.88. The lowest BCUT2D eigenvalue weighted by Gasteiger charge is -2.27. The maximum absolute atomic E-state index is 6.32. The van der Waals surface area contributed by atoms with Crippen LogP contribution >= 0.6 is 11.3 Å². The van der Waals surface area contributed by atoms with E-state index in [-0.39, 0.29) is 0 Å². The third-order valence-electron chi connectivity index (χ3n) is 4.80. The molecule has 1 aliphatic heterocycles. The zero-order chi connectivity index (χ0) is 13.5. The number of nitrogens with zero attached hydrogens (tertiary/aromatic N) is 2. The molecular formula is C15H21N3S. The zero-order valence-electron chi connectivity index (χ0n) is 11.6. The molecule has 0 spiro atoms. The van der Waals surface area contributed by atoms with E-state index < -0.39 is 0 Å². The Hall–Kier alpha value is -1.29. The van der Waals surface area contributed by atoms with E-state index in [4.69, 9.17) is 5.73 Å². The minimum atomic E-state index is 0.476. The van der Waals surface area contributed by atoms with Crippen LogP contribution in [0.25, 0.3) is 10.2 Å². The van der Waals surface area contributed by atoms with Gasteiger partial charge in [-0.25, -0.2) is 4.98 Å². The van der Waals surface area contributed by atoms with Crippen molar-refractivity contribution in [2.24, 2.45) is 5.41 Å². The fourth-order valence-electron chi connectivity index (χ4n) is 3.19. The van der Waals surface area contributed by atoms with E-state index in [1.54, 1.807) is 11.3 Å². The molecule has 1 aromatic heterocycles. The Balaban J connectivity index is 1.95. The van der Waals surface area contributed by atoms with Crippen molar-refractivity contribution in [3.63, 3.8) is 0 Å². The molecule has 0 bridgehead atoms. The van der Waals surface area contributed by atoms with Crippen molar-refractivity contribution < 1.29 is 0 Å². The Kier molecular flexibility index (Phi) is 3.13. The van der Waals surface area contributed by atoms with Gasteiger partial charge < -0.3 is 10.6 Å². The van der Waals surface area contributed by atoms with Gasteiger partial charge in [0.2, 0.25) is 0 Å². The number of benzene rings is 1. The average Bonchev–Trinajstić information content (AvgIpc) is 3.06. The summed E-state index contributed by atoms with van der Waals surface area (Å²) in [6, 6.07) is 4.31. The van der Waals surface area contributed by atoms with Crippen LogP contribution in [0.1, 0.15) is 33.1 Å². The Morgan fingerprint density at radius 3 is 2.84 bits per heavy atom. The summed E-state index contributed by atoms with van der Waals surface area (Å²) in [5.41, 5.74) is 11.6. The van der Waals surface area contributed by atoms with Gasteiger partial charge in [-0.05, 0) is 36.8 Å². The van der Waals surface area contributed by atoms with Gasteiger partial charge in [0.15, 0.2) is 0 Å². The summed E-state index contributed by atoms with van der Waals surface area (Å²) in [7, 11) is 0. The van der Waals surface area contributed by atoms with E-state index in [2.05, 4.69) is 35.9 Å². The Bertz CT molecular complexity index is 586. The molecule has 2 heterocycles. The summed E-state index contributed by atoms with van der Waals surface area (Å²) in [5.74, 6) is 0. The van der Waals surface area contributed by atoms with Gasteiger partial charge in [0.05, 0.1) is 21.6 Å². The van der Waals surface area contributed by atoms with Gasteiger partial charge in [0.1, 0.15) is 5.52 Å². The molecule has 1 aliphatic rings. The minimum absolute atomic E-state index is 0.476. The topological polar surface area (TPSA) is 42.2 Å². The molecule has 3 rings (SSSR count). The number of rotatable bonds is 3. The highest BCUT2D eigenvalue weighted by molar-refractivity contribution is 7.16. The zero-order valence-corrected chi connectivity index (χ0v) is 12.5. The van der Waals surface area contributed by atoms with Gasteiger partial charge in [0.25, 0.3) is 0 Å². The van der Waals surface area contributed by atoms with E-state index in [9.17, 15) is 0 Å². The first-order valence-electron chi connectivity index (χ1n) is 7.06. The second kappa shape index (κ2) is 4.67. The van der Waals surface area contributed by atoms with Gasteiger partial charge in [-0.2, -0.15) is 0 Å². The van der Waals surface area contributed by atoms with E-state index in [0.29, 0.717) is 5.41 Å². The Morgan fingerprint density at radius 1 is 1.37 bits per heavy atom. The summed E-state index contributed by atoms with van der Waals surface area (Å²) in [5, 5.41) is 0. The van der Waals surface area contributed by atoms with Gasteiger partial charge in [-0.1, -0.05) is 13.8 Å². The van der Waals surface area contributed by atoms with Crippen LogP contribution in [-0.2, 0) is 0 Å². The molecule has 1 fully saturated rings. The highest BCUT2D eigenvalue weighted by Gasteiger charge is 2.35. The third-order valence-corrected chi connectivity index (χ3v) is 5.59. The van der Waals surface area contributed by atoms with Crippen LogP contribution in [0.5, 0.6) is 0 Å². The van der Waals surface area contributed by atoms with Crippen LogP contribution in [0.4, 0.5) is 11.4 Å². The number of nitrogens with two attached hydrogens (primary N) is 1. The molecule has 2 aromatic rings. The highest BCUT2D eigenvalue weighted by atomic mass is 32.1. The van der Waals surface area contributed by atoms with Crippen molar-refractivity contribution in [1.29, 1.82) is 0 Å². The summed E-state index contributed by atoms with van der Waals surface area (Å²) in [4.78, 5) is 6.84. The van der Waals surface area contributed by atoms with Crippen LogP contribution in [0.3, 0.4) is 0 Å². The predicted molar refractivity (Wildman–Crippen MR) is 83.9 cm³/mol. The normalized spacial score (nSPS) is 18.3. The van der Waals surface area contributed by atoms with Crippen molar-refractivity contribution in [3.8, 4) is 0 Å². The summed E-state index contributed by atoms with van der Waals surface area (Å²) in [6.07, 6.45) is 3.77. The Morgan fingerprint density at radius 2 is 2.16 bits per heavy atom. The highest BCUT2D eigenvalue weighted by Crippen LogP contribution is 2.42. The number of aromatic nitrogens is 1. The molecule has 2 N–H and O–H groups in total. The molecule has 0 aliphatic carbocycles. The van der Waals surface area contributed by atoms with Crippen LogP contribution < -0.4 is 10.6 Å². The average molecular weight is 275 g/mol. The smallest absolute Gasteiger partial charge is 0.106 e. The summed E-state index contributed by atoms with van der Waals surface area (Å²) < 4.78 is 1.18. The van der Waals surface area contributed by atoms with E-state index in [1.807, 2.05) is 5.51 Å². The molecule has 4 heteroatoms.